The zero-order chi connectivity index (χ0) is 20.3. The molecule has 1 fully saturated rings. The standard InChI is InChI=1S/C22H25N3O3/c1-14(2)16-6-8-17(9-7-16)23-21(27)22(28)24-18-10-11-19(15(3)13-18)25-12-4-5-20(25)26/h6-11,13-14H,4-5,12H2,1-3H3,(H,23,27)(H,24,28). The Morgan fingerprint density at radius 2 is 1.57 bits per heavy atom. The maximum absolute atomic E-state index is 12.2. The SMILES string of the molecule is Cc1cc(NC(=O)C(=O)Nc2ccc(C(C)C)cc2)ccc1N1CCCC1=O. The minimum atomic E-state index is -0.739. The average Bonchev–Trinajstić information content (AvgIpc) is 3.08. The van der Waals surface area contributed by atoms with Gasteiger partial charge in [-0.25, -0.2) is 0 Å². The molecule has 1 saturated heterocycles. The van der Waals surface area contributed by atoms with Crippen molar-refractivity contribution < 1.29 is 14.4 Å². The minimum absolute atomic E-state index is 0.114. The second-order valence-corrected chi connectivity index (χ2v) is 7.34. The molecule has 3 rings (SSSR count). The highest BCUT2D eigenvalue weighted by atomic mass is 16.2. The van der Waals surface area contributed by atoms with Crippen LogP contribution in [0.4, 0.5) is 17.1 Å². The van der Waals surface area contributed by atoms with E-state index in [9.17, 15) is 14.4 Å². The number of amides is 3. The van der Waals surface area contributed by atoms with Crippen LogP contribution in [0.25, 0.3) is 0 Å². The second kappa shape index (κ2) is 8.25. The number of aryl methyl sites for hydroxylation is 1. The van der Waals surface area contributed by atoms with Gasteiger partial charge in [0.2, 0.25) is 5.91 Å². The maximum Gasteiger partial charge on any atom is 0.314 e. The van der Waals surface area contributed by atoms with Gasteiger partial charge in [0, 0.05) is 30.0 Å². The fraction of sp³-hybridized carbons (Fsp3) is 0.318. The van der Waals surface area contributed by atoms with Gasteiger partial charge in [-0.2, -0.15) is 0 Å². The predicted octanol–water partition coefficient (Wildman–Crippen LogP) is 3.82. The molecule has 2 aromatic rings. The zero-order valence-electron chi connectivity index (χ0n) is 16.4. The molecular weight excluding hydrogens is 354 g/mol. The normalized spacial score (nSPS) is 13.7. The highest BCUT2D eigenvalue weighted by molar-refractivity contribution is 6.43. The first-order valence-corrected chi connectivity index (χ1v) is 9.48. The van der Waals surface area contributed by atoms with Crippen LogP contribution in [0.3, 0.4) is 0 Å². The summed E-state index contributed by atoms with van der Waals surface area (Å²) in [7, 11) is 0. The lowest BCUT2D eigenvalue weighted by molar-refractivity contribution is -0.132. The maximum atomic E-state index is 12.2. The molecule has 0 aliphatic carbocycles. The Kier molecular flexibility index (Phi) is 5.78. The van der Waals surface area contributed by atoms with Crippen molar-refractivity contribution in [1.29, 1.82) is 0 Å². The Morgan fingerprint density at radius 3 is 2.11 bits per heavy atom. The summed E-state index contributed by atoms with van der Waals surface area (Å²) in [5.41, 5.74) is 3.97. The van der Waals surface area contributed by atoms with Crippen LogP contribution in [-0.4, -0.2) is 24.3 Å². The Morgan fingerprint density at radius 1 is 0.964 bits per heavy atom. The Hall–Kier alpha value is -3.15. The Labute approximate surface area is 164 Å². The van der Waals surface area contributed by atoms with Crippen LogP contribution in [-0.2, 0) is 14.4 Å². The number of rotatable bonds is 4. The third-order valence-corrected chi connectivity index (χ3v) is 4.86. The molecule has 1 heterocycles. The fourth-order valence-electron chi connectivity index (χ4n) is 3.27. The number of carbonyl (C=O) groups excluding carboxylic acids is 3. The molecule has 0 atom stereocenters. The minimum Gasteiger partial charge on any atom is -0.318 e. The summed E-state index contributed by atoms with van der Waals surface area (Å²) in [5.74, 6) is -0.955. The number of hydrogen-bond donors (Lipinski definition) is 2. The molecule has 0 spiro atoms. The van der Waals surface area contributed by atoms with E-state index < -0.39 is 11.8 Å². The van der Waals surface area contributed by atoms with Gasteiger partial charge in [0.25, 0.3) is 0 Å². The molecule has 28 heavy (non-hydrogen) atoms. The van der Waals surface area contributed by atoms with Gasteiger partial charge in [0.05, 0.1) is 0 Å². The lowest BCUT2D eigenvalue weighted by Crippen LogP contribution is -2.29. The van der Waals surface area contributed by atoms with Crippen molar-refractivity contribution in [2.75, 3.05) is 22.1 Å². The Balaban J connectivity index is 1.63. The van der Waals surface area contributed by atoms with Gasteiger partial charge in [-0.15, -0.1) is 0 Å². The van der Waals surface area contributed by atoms with Crippen LogP contribution in [0.1, 0.15) is 43.7 Å². The molecule has 1 aliphatic heterocycles. The van der Waals surface area contributed by atoms with Gasteiger partial charge >= 0.3 is 11.8 Å². The molecule has 0 unspecified atom stereocenters. The molecule has 146 valence electrons. The van der Waals surface area contributed by atoms with Crippen LogP contribution >= 0.6 is 0 Å². The molecule has 0 radical (unpaired) electrons. The highest BCUT2D eigenvalue weighted by Gasteiger charge is 2.23. The van der Waals surface area contributed by atoms with Crippen LogP contribution in [0, 0.1) is 6.92 Å². The number of carbonyl (C=O) groups is 3. The summed E-state index contributed by atoms with van der Waals surface area (Å²) >= 11 is 0. The van der Waals surface area contributed by atoms with E-state index in [4.69, 9.17) is 0 Å². The van der Waals surface area contributed by atoms with Gasteiger partial charge < -0.3 is 15.5 Å². The van der Waals surface area contributed by atoms with Crippen molar-refractivity contribution in [2.45, 2.75) is 39.5 Å². The van der Waals surface area contributed by atoms with E-state index in [0.29, 0.717) is 30.3 Å². The van der Waals surface area contributed by atoms with E-state index in [2.05, 4.69) is 24.5 Å². The first-order chi connectivity index (χ1) is 13.3. The smallest absolute Gasteiger partial charge is 0.314 e. The summed E-state index contributed by atoms with van der Waals surface area (Å²) in [6.07, 6.45) is 1.42. The first-order valence-electron chi connectivity index (χ1n) is 9.48. The first kappa shape index (κ1) is 19.6. The summed E-state index contributed by atoms with van der Waals surface area (Å²) in [4.78, 5) is 38.0. The zero-order valence-corrected chi connectivity index (χ0v) is 16.4. The van der Waals surface area contributed by atoms with Gasteiger partial charge in [0.15, 0.2) is 0 Å². The largest absolute Gasteiger partial charge is 0.318 e. The summed E-state index contributed by atoms with van der Waals surface area (Å²) < 4.78 is 0. The molecule has 0 aromatic heterocycles. The van der Waals surface area contributed by atoms with E-state index >= 15 is 0 Å². The molecule has 6 nitrogen and oxygen atoms in total. The lowest BCUT2D eigenvalue weighted by Gasteiger charge is -2.19. The monoisotopic (exact) mass is 379 g/mol. The van der Waals surface area contributed by atoms with Crippen LogP contribution in [0.2, 0.25) is 0 Å². The number of benzene rings is 2. The third kappa shape index (κ3) is 4.39. The van der Waals surface area contributed by atoms with Crippen molar-refractivity contribution in [2.24, 2.45) is 0 Å². The van der Waals surface area contributed by atoms with Crippen molar-refractivity contribution in [3.05, 3.63) is 53.6 Å². The molecule has 0 bridgehead atoms. The number of nitrogens with zero attached hydrogens (tertiary/aromatic N) is 1. The van der Waals surface area contributed by atoms with Gasteiger partial charge in [-0.05, 0) is 60.7 Å². The third-order valence-electron chi connectivity index (χ3n) is 4.86. The van der Waals surface area contributed by atoms with E-state index in [1.165, 1.54) is 0 Å². The highest BCUT2D eigenvalue weighted by Crippen LogP contribution is 2.27. The lowest BCUT2D eigenvalue weighted by atomic mass is 10.0. The van der Waals surface area contributed by atoms with Gasteiger partial charge in [-0.3, -0.25) is 14.4 Å². The molecule has 3 amide bonds. The quantitative estimate of drug-likeness (QED) is 0.793. The molecule has 1 aliphatic rings. The average molecular weight is 379 g/mol. The van der Waals surface area contributed by atoms with Crippen molar-refractivity contribution in [1.82, 2.24) is 0 Å². The van der Waals surface area contributed by atoms with E-state index in [1.807, 2.05) is 19.1 Å². The number of nitrogens with one attached hydrogen (secondary N) is 2. The molecular formula is C22H25N3O3. The molecule has 6 heteroatoms. The second-order valence-electron chi connectivity index (χ2n) is 7.34. The Bertz CT molecular complexity index is 904. The summed E-state index contributed by atoms with van der Waals surface area (Å²) in [5, 5.41) is 5.21. The van der Waals surface area contributed by atoms with E-state index in [0.717, 1.165) is 23.2 Å². The molecule has 2 aromatic carbocycles. The molecule has 0 saturated carbocycles. The van der Waals surface area contributed by atoms with Crippen molar-refractivity contribution in [3.8, 4) is 0 Å². The van der Waals surface area contributed by atoms with Gasteiger partial charge in [0.1, 0.15) is 0 Å². The van der Waals surface area contributed by atoms with Crippen molar-refractivity contribution in [3.63, 3.8) is 0 Å². The number of hydrogen-bond acceptors (Lipinski definition) is 3. The van der Waals surface area contributed by atoms with Crippen LogP contribution in [0.5, 0.6) is 0 Å². The summed E-state index contributed by atoms with van der Waals surface area (Å²) in [6.45, 7) is 6.78. The van der Waals surface area contributed by atoms with E-state index in [-0.39, 0.29) is 5.91 Å². The molecule has 2 N–H and O–H groups in total. The predicted molar refractivity (Wildman–Crippen MR) is 111 cm³/mol. The summed E-state index contributed by atoms with van der Waals surface area (Å²) in [6, 6.07) is 12.7. The fourth-order valence-corrected chi connectivity index (χ4v) is 3.27. The van der Waals surface area contributed by atoms with Gasteiger partial charge in [-0.1, -0.05) is 26.0 Å². The number of anilines is 3. The van der Waals surface area contributed by atoms with Crippen LogP contribution < -0.4 is 15.5 Å². The van der Waals surface area contributed by atoms with Crippen molar-refractivity contribution >= 4 is 34.8 Å². The van der Waals surface area contributed by atoms with E-state index in [1.54, 1.807) is 35.2 Å². The topological polar surface area (TPSA) is 78.5 Å². The van der Waals surface area contributed by atoms with Crippen LogP contribution in [0.15, 0.2) is 42.5 Å².